The first-order valence-electron chi connectivity index (χ1n) is 1.03. The lowest BCUT2D eigenvalue weighted by molar-refractivity contribution is 0.278. The zero-order valence-corrected chi connectivity index (χ0v) is 4.94. The lowest BCUT2D eigenvalue weighted by atomic mass is 10.3. The molecule has 9 heteroatoms. The summed E-state index contributed by atoms with van der Waals surface area (Å²) in [7, 11) is -2.17. The molecule has 0 unspecified atom stereocenters. The van der Waals surface area contributed by atoms with Gasteiger partial charge in [-0.15, -0.1) is 0 Å². The molecule has 0 saturated carbocycles. The molecule has 0 spiro atoms. The van der Waals surface area contributed by atoms with E-state index in [1.54, 1.807) is 0 Å². The Morgan fingerprint density at radius 1 is 0.800 bits per heavy atom. The predicted octanol–water partition coefficient (Wildman–Crippen LogP) is -5.21. The van der Waals surface area contributed by atoms with Gasteiger partial charge in [-0.2, -0.15) is 0 Å². The van der Waals surface area contributed by atoms with Gasteiger partial charge >= 0.3 is 7.32 Å². The Balaban J connectivity index is -0.00000000625. The third-order valence-corrected chi connectivity index (χ3v) is 0. The first-order valence-corrected chi connectivity index (χ1v) is 1.03. The third kappa shape index (κ3) is 545. The van der Waals surface area contributed by atoms with Crippen LogP contribution in [0.5, 0.6) is 0 Å². The normalized spacial score (nSPS) is 2.90. The molecule has 0 aromatic rings. The van der Waals surface area contributed by atoms with E-state index in [9.17, 15) is 0 Å². The fraction of sp³-hybridized carbons (Fsp3) is 0. The summed E-state index contributed by atoms with van der Waals surface area (Å²) < 4.78 is 0. The van der Waals surface area contributed by atoms with Gasteiger partial charge in [-0.3, -0.25) is 0 Å². The number of hydrogen-bond acceptors (Lipinski definition) is 4. The highest BCUT2D eigenvalue weighted by molar-refractivity contribution is 6.30. The second-order valence-corrected chi connectivity index (χ2v) is 0.346. The van der Waals surface area contributed by atoms with Crippen molar-refractivity contribution in [1.29, 1.82) is 5.26 Å². The van der Waals surface area contributed by atoms with Crippen LogP contribution in [0.1, 0.15) is 0 Å². The molecule has 0 radical (unpaired) electrons. The Bertz CT molecular complexity index is 35.1. The SMILES string of the molecule is C#N.O.O.O.O.OB(O)O. The van der Waals surface area contributed by atoms with Crippen LogP contribution >= 0.6 is 0 Å². The summed E-state index contributed by atoms with van der Waals surface area (Å²) >= 11 is 0. The van der Waals surface area contributed by atoms with Crippen LogP contribution in [0, 0.1) is 11.8 Å². The molecule has 66 valence electrons. The topological polar surface area (TPSA) is 210 Å². The lowest BCUT2D eigenvalue weighted by Crippen LogP contribution is -2.07. The first-order chi connectivity index (χ1) is 2.73. The van der Waals surface area contributed by atoms with Crippen molar-refractivity contribution in [2.75, 3.05) is 0 Å². The minimum atomic E-state index is -2.17. The molecule has 8 nitrogen and oxygen atoms in total. The van der Waals surface area contributed by atoms with Gasteiger partial charge in [0.1, 0.15) is 0 Å². The highest BCUT2D eigenvalue weighted by atomic mass is 16.5. The van der Waals surface area contributed by atoms with E-state index < -0.39 is 7.32 Å². The van der Waals surface area contributed by atoms with Crippen molar-refractivity contribution >= 4 is 7.32 Å². The fourth-order valence-corrected chi connectivity index (χ4v) is 0. The summed E-state index contributed by atoms with van der Waals surface area (Å²) in [5.41, 5.74) is 0. The Morgan fingerprint density at radius 3 is 0.800 bits per heavy atom. The second-order valence-electron chi connectivity index (χ2n) is 0.346. The van der Waals surface area contributed by atoms with E-state index in [-0.39, 0.29) is 21.9 Å². The molecule has 10 heavy (non-hydrogen) atoms. The van der Waals surface area contributed by atoms with E-state index in [1.807, 2.05) is 0 Å². The summed E-state index contributed by atoms with van der Waals surface area (Å²) in [6.07, 6.45) is 0. The van der Waals surface area contributed by atoms with Crippen molar-refractivity contribution in [1.82, 2.24) is 0 Å². The van der Waals surface area contributed by atoms with Crippen LogP contribution in [0.25, 0.3) is 0 Å². The second kappa shape index (κ2) is 84.6. The Morgan fingerprint density at radius 2 is 0.800 bits per heavy atom. The zero-order valence-electron chi connectivity index (χ0n) is 4.94. The minimum absolute atomic E-state index is 0. The van der Waals surface area contributed by atoms with E-state index in [0.29, 0.717) is 0 Å². The number of nitrogens with zero attached hydrogens (tertiary/aromatic N) is 1. The average Bonchev–Trinajstić information content (AvgIpc) is 1.41. The average molecular weight is 161 g/mol. The van der Waals surface area contributed by atoms with Gasteiger partial charge in [0.15, 0.2) is 0 Å². The molecule has 0 aromatic heterocycles. The van der Waals surface area contributed by atoms with E-state index in [4.69, 9.17) is 20.3 Å². The van der Waals surface area contributed by atoms with Gasteiger partial charge in [0, 0.05) is 6.57 Å². The largest absolute Gasteiger partial charge is 0.631 e. The summed E-state index contributed by atoms with van der Waals surface area (Å²) in [6, 6.07) is 0. The minimum Gasteiger partial charge on any atom is -0.412 e. The van der Waals surface area contributed by atoms with Gasteiger partial charge in [0.2, 0.25) is 0 Å². The van der Waals surface area contributed by atoms with Gasteiger partial charge in [-0.05, 0) is 0 Å². The van der Waals surface area contributed by atoms with Crippen LogP contribution in [0.4, 0.5) is 0 Å². The van der Waals surface area contributed by atoms with Crippen LogP contribution in [0.3, 0.4) is 0 Å². The number of hydrogen-bond donors (Lipinski definition) is 3. The van der Waals surface area contributed by atoms with Gasteiger partial charge in [-0.25, -0.2) is 5.26 Å². The summed E-state index contributed by atoms with van der Waals surface area (Å²) in [5, 5.41) is 28.0. The van der Waals surface area contributed by atoms with E-state index in [1.165, 1.54) is 0 Å². The summed E-state index contributed by atoms with van der Waals surface area (Å²) in [4.78, 5) is 0. The van der Waals surface area contributed by atoms with Crippen LogP contribution in [-0.4, -0.2) is 44.3 Å². The molecule has 11 N–H and O–H groups in total. The van der Waals surface area contributed by atoms with Crippen LogP contribution in [0.2, 0.25) is 0 Å². The lowest BCUT2D eigenvalue weighted by Gasteiger charge is -1.69. The van der Waals surface area contributed by atoms with Crippen LogP contribution in [0.15, 0.2) is 0 Å². The molecular weight excluding hydrogens is 149 g/mol. The standard InChI is InChI=1S/CHN.BH3O3.4H2O/c1-2;2-1(3)4;;;;/h1H;2-4H;4*1H2. The van der Waals surface area contributed by atoms with Crippen molar-refractivity contribution in [2.24, 2.45) is 0 Å². The van der Waals surface area contributed by atoms with Crippen molar-refractivity contribution < 1.29 is 37.0 Å². The highest BCUT2D eigenvalue weighted by Gasteiger charge is 1.92. The maximum atomic E-state index is 7.17. The molecule has 0 aliphatic carbocycles. The van der Waals surface area contributed by atoms with E-state index in [0.717, 1.165) is 0 Å². The Kier molecular flexibility index (Phi) is 501. The van der Waals surface area contributed by atoms with Crippen molar-refractivity contribution in [3.05, 3.63) is 0 Å². The summed E-state index contributed by atoms with van der Waals surface area (Å²) in [6.45, 7) is 3.50. The monoisotopic (exact) mass is 161 g/mol. The van der Waals surface area contributed by atoms with Gasteiger partial charge in [-0.1, -0.05) is 0 Å². The molecule has 0 amide bonds. The molecule has 0 heterocycles. The first kappa shape index (κ1) is 59.2. The fourth-order valence-electron chi connectivity index (χ4n) is 0. The molecule has 0 fully saturated rings. The smallest absolute Gasteiger partial charge is 0.412 e. The number of rotatable bonds is 0. The van der Waals surface area contributed by atoms with Gasteiger partial charge in [0.25, 0.3) is 0 Å². The maximum absolute atomic E-state index is 7.17. The highest BCUT2D eigenvalue weighted by Crippen LogP contribution is 1.40. The Labute approximate surface area is 57.4 Å². The molecule has 0 aliphatic rings. The van der Waals surface area contributed by atoms with Crippen molar-refractivity contribution in [2.45, 2.75) is 0 Å². The Hall–Kier alpha value is -0.725. The van der Waals surface area contributed by atoms with Crippen LogP contribution in [-0.2, 0) is 0 Å². The maximum Gasteiger partial charge on any atom is 0.631 e. The number of nitriles is 1. The molecule has 0 atom stereocenters. The predicted molar refractivity (Wildman–Crippen MR) is 33.5 cm³/mol. The zero-order chi connectivity index (χ0) is 5.58. The van der Waals surface area contributed by atoms with Gasteiger partial charge < -0.3 is 37.0 Å². The van der Waals surface area contributed by atoms with Gasteiger partial charge in [0.05, 0.1) is 0 Å². The third-order valence-electron chi connectivity index (χ3n) is 0. The molecule has 0 rings (SSSR count). The molecule has 0 saturated heterocycles. The molecule has 0 bridgehead atoms. The van der Waals surface area contributed by atoms with Crippen LogP contribution < -0.4 is 0 Å². The molecular formula is CH12BNO7. The quantitative estimate of drug-likeness (QED) is 0.297. The van der Waals surface area contributed by atoms with Crippen molar-refractivity contribution in [3.8, 4) is 6.57 Å². The van der Waals surface area contributed by atoms with Crippen molar-refractivity contribution in [3.63, 3.8) is 0 Å². The van der Waals surface area contributed by atoms with E-state index in [2.05, 4.69) is 6.57 Å². The summed E-state index contributed by atoms with van der Waals surface area (Å²) in [5.74, 6) is 0. The molecule has 0 aromatic carbocycles. The van der Waals surface area contributed by atoms with E-state index >= 15 is 0 Å². The molecule has 0 aliphatic heterocycles.